The fraction of sp³-hybridized carbons (Fsp3) is 0.500. The SMILES string of the molecule is N#CC1(C(O)c2ccc(Br)o2)CCC1. The van der Waals surface area contributed by atoms with Crippen LogP contribution in [0, 0.1) is 16.7 Å². The minimum Gasteiger partial charge on any atom is -0.452 e. The second-order valence-electron chi connectivity index (χ2n) is 3.67. The van der Waals surface area contributed by atoms with Crippen molar-refractivity contribution >= 4 is 15.9 Å². The molecule has 3 nitrogen and oxygen atoms in total. The molecule has 0 saturated heterocycles. The van der Waals surface area contributed by atoms with E-state index in [0.717, 1.165) is 19.3 Å². The van der Waals surface area contributed by atoms with E-state index in [9.17, 15) is 5.11 Å². The first-order chi connectivity index (χ1) is 6.68. The minimum atomic E-state index is -0.799. The van der Waals surface area contributed by atoms with E-state index in [1.54, 1.807) is 12.1 Å². The quantitative estimate of drug-likeness (QED) is 0.885. The summed E-state index contributed by atoms with van der Waals surface area (Å²) in [6.45, 7) is 0. The number of nitrogens with zero attached hydrogens (tertiary/aromatic N) is 1. The zero-order valence-corrected chi connectivity index (χ0v) is 9.12. The fourth-order valence-corrected chi connectivity index (χ4v) is 2.07. The predicted molar refractivity (Wildman–Crippen MR) is 53.3 cm³/mol. The molecule has 1 aromatic rings. The molecular weight excluding hydrogens is 246 g/mol. The Morgan fingerprint density at radius 3 is 2.64 bits per heavy atom. The van der Waals surface area contributed by atoms with Crippen LogP contribution in [0.2, 0.25) is 0 Å². The molecule has 0 aliphatic heterocycles. The van der Waals surface area contributed by atoms with Gasteiger partial charge in [-0.3, -0.25) is 0 Å². The number of aliphatic hydroxyl groups is 1. The topological polar surface area (TPSA) is 57.2 Å². The van der Waals surface area contributed by atoms with Gasteiger partial charge in [-0.25, -0.2) is 0 Å². The van der Waals surface area contributed by atoms with Crippen LogP contribution < -0.4 is 0 Å². The standard InChI is InChI=1S/C10H10BrNO2/c11-8-3-2-7(14-8)9(13)10(6-12)4-1-5-10/h2-3,9,13H,1,4-5H2. The van der Waals surface area contributed by atoms with Crippen molar-refractivity contribution in [3.63, 3.8) is 0 Å². The van der Waals surface area contributed by atoms with Crippen LogP contribution in [0.25, 0.3) is 0 Å². The van der Waals surface area contributed by atoms with Crippen molar-refractivity contribution in [2.24, 2.45) is 5.41 Å². The lowest BCUT2D eigenvalue weighted by Gasteiger charge is -2.38. The molecule has 1 aliphatic rings. The van der Waals surface area contributed by atoms with E-state index in [1.807, 2.05) is 0 Å². The van der Waals surface area contributed by atoms with Crippen molar-refractivity contribution in [1.29, 1.82) is 5.26 Å². The van der Waals surface area contributed by atoms with Gasteiger partial charge in [-0.05, 0) is 40.9 Å². The van der Waals surface area contributed by atoms with Gasteiger partial charge in [0.05, 0.1) is 11.5 Å². The molecule has 1 fully saturated rings. The molecule has 0 radical (unpaired) electrons. The average molecular weight is 256 g/mol. The first-order valence-electron chi connectivity index (χ1n) is 4.52. The Balaban J connectivity index is 2.23. The molecule has 0 amide bonds. The number of furan rings is 1. The van der Waals surface area contributed by atoms with Crippen LogP contribution in [0.4, 0.5) is 0 Å². The van der Waals surface area contributed by atoms with Gasteiger partial charge < -0.3 is 9.52 Å². The average Bonchev–Trinajstić information content (AvgIpc) is 2.50. The van der Waals surface area contributed by atoms with Gasteiger partial charge >= 0.3 is 0 Å². The first-order valence-corrected chi connectivity index (χ1v) is 5.32. The molecule has 1 atom stereocenters. The van der Waals surface area contributed by atoms with Gasteiger partial charge in [0.1, 0.15) is 11.9 Å². The Labute approximate surface area is 90.5 Å². The van der Waals surface area contributed by atoms with E-state index in [1.165, 1.54) is 0 Å². The van der Waals surface area contributed by atoms with Crippen LogP contribution >= 0.6 is 15.9 Å². The Bertz CT molecular complexity index is 376. The Kier molecular flexibility index (Phi) is 2.38. The fourth-order valence-electron chi connectivity index (χ4n) is 1.75. The van der Waals surface area contributed by atoms with Gasteiger partial charge in [0.2, 0.25) is 0 Å². The summed E-state index contributed by atoms with van der Waals surface area (Å²) in [6, 6.07) is 5.62. The largest absolute Gasteiger partial charge is 0.452 e. The number of hydrogen-bond donors (Lipinski definition) is 1. The molecule has 1 heterocycles. The maximum atomic E-state index is 9.97. The lowest BCUT2D eigenvalue weighted by atomic mass is 9.65. The van der Waals surface area contributed by atoms with E-state index in [-0.39, 0.29) is 0 Å². The highest BCUT2D eigenvalue weighted by Gasteiger charge is 2.46. The summed E-state index contributed by atoms with van der Waals surface area (Å²) in [4.78, 5) is 0. The third-order valence-electron chi connectivity index (χ3n) is 2.86. The van der Waals surface area contributed by atoms with Gasteiger partial charge in [-0.1, -0.05) is 6.42 Å². The molecule has 0 aromatic carbocycles. The number of rotatable bonds is 2. The molecule has 4 heteroatoms. The van der Waals surface area contributed by atoms with E-state index >= 15 is 0 Å². The van der Waals surface area contributed by atoms with Crippen LogP contribution in [0.15, 0.2) is 21.2 Å². The molecule has 0 bridgehead atoms. The Morgan fingerprint density at radius 1 is 1.57 bits per heavy atom. The summed E-state index contributed by atoms with van der Waals surface area (Å²) in [5, 5.41) is 19.0. The second-order valence-corrected chi connectivity index (χ2v) is 4.45. The maximum Gasteiger partial charge on any atom is 0.169 e. The normalized spacial score (nSPS) is 20.9. The molecule has 1 aromatic heterocycles. The lowest BCUT2D eigenvalue weighted by molar-refractivity contribution is -0.00682. The molecule has 1 saturated carbocycles. The van der Waals surface area contributed by atoms with Crippen LogP contribution in [0.1, 0.15) is 31.1 Å². The van der Waals surface area contributed by atoms with Crippen molar-refractivity contribution < 1.29 is 9.52 Å². The van der Waals surface area contributed by atoms with Crippen molar-refractivity contribution in [2.45, 2.75) is 25.4 Å². The zero-order chi connectivity index (χ0) is 10.2. The highest BCUT2D eigenvalue weighted by molar-refractivity contribution is 9.10. The highest BCUT2D eigenvalue weighted by atomic mass is 79.9. The molecule has 2 rings (SSSR count). The lowest BCUT2D eigenvalue weighted by Crippen LogP contribution is -2.34. The summed E-state index contributed by atoms with van der Waals surface area (Å²) in [6.07, 6.45) is 1.71. The predicted octanol–water partition coefficient (Wildman–Crippen LogP) is 2.77. The monoisotopic (exact) mass is 255 g/mol. The smallest absolute Gasteiger partial charge is 0.169 e. The van der Waals surface area contributed by atoms with Gasteiger partial charge in [-0.2, -0.15) is 5.26 Å². The summed E-state index contributed by atoms with van der Waals surface area (Å²) in [7, 11) is 0. The van der Waals surface area contributed by atoms with Crippen molar-refractivity contribution in [1.82, 2.24) is 0 Å². The first kappa shape index (κ1) is 9.75. The van der Waals surface area contributed by atoms with Crippen LogP contribution in [0.5, 0.6) is 0 Å². The van der Waals surface area contributed by atoms with Gasteiger partial charge in [-0.15, -0.1) is 0 Å². The van der Waals surface area contributed by atoms with Crippen LogP contribution in [0.3, 0.4) is 0 Å². The van der Waals surface area contributed by atoms with E-state index in [2.05, 4.69) is 22.0 Å². The third kappa shape index (κ3) is 1.37. The molecule has 0 spiro atoms. The number of nitriles is 1. The maximum absolute atomic E-state index is 9.97. The summed E-state index contributed by atoms with van der Waals surface area (Å²) in [5.41, 5.74) is -0.614. The second kappa shape index (κ2) is 3.41. The molecule has 74 valence electrons. The number of halogens is 1. The van der Waals surface area contributed by atoms with Crippen molar-refractivity contribution in [3.8, 4) is 6.07 Å². The molecule has 14 heavy (non-hydrogen) atoms. The van der Waals surface area contributed by atoms with E-state index in [4.69, 9.17) is 9.68 Å². The van der Waals surface area contributed by atoms with Gasteiger partial charge in [0.25, 0.3) is 0 Å². The van der Waals surface area contributed by atoms with E-state index < -0.39 is 11.5 Å². The van der Waals surface area contributed by atoms with Crippen molar-refractivity contribution in [3.05, 3.63) is 22.6 Å². The Morgan fingerprint density at radius 2 is 2.29 bits per heavy atom. The molecular formula is C10H10BrNO2. The van der Waals surface area contributed by atoms with Crippen LogP contribution in [-0.4, -0.2) is 5.11 Å². The van der Waals surface area contributed by atoms with Crippen molar-refractivity contribution in [2.75, 3.05) is 0 Å². The summed E-state index contributed by atoms with van der Waals surface area (Å²) >= 11 is 3.17. The highest BCUT2D eigenvalue weighted by Crippen LogP contribution is 2.50. The zero-order valence-electron chi connectivity index (χ0n) is 7.53. The summed E-state index contributed by atoms with van der Waals surface area (Å²) < 4.78 is 5.83. The summed E-state index contributed by atoms with van der Waals surface area (Å²) in [5.74, 6) is 0.470. The molecule has 1 N–H and O–H groups in total. The van der Waals surface area contributed by atoms with E-state index in [0.29, 0.717) is 10.4 Å². The van der Waals surface area contributed by atoms with Gasteiger partial charge in [0.15, 0.2) is 4.67 Å². The number of aliphatic hydroxyl groups excluding tert-OH is 1. The van der Waals surface area contributed by atoms with Gasteiger partial charge in [0, 0.05) is 0 Å². The number of hydrogen-bond acceptors (Lipinski definition) is 3. The minimum absolute atomic E-state index is 0.470. The van der Waals surface area contributed by atoms with Crippen LogP contribution in [-0.2, 0) is 0 Å². The third-order valence-corrected chi connectivity index (χ3v) is 3.28. The molecule has 1 aliphatic carbocycles. The Hall–Kier alpha value is -0.790. The molecule has 1 unspecified atom stereocenters.